The molecule has 0 unspecified atom stereocenters. The van der Waals surface area contributed by atoms with Crippen LogP contribution in [0, 0.1) is 11.3 Å². The van der Waals surface area contributed by atoms with Gasteiger partial charge in [-0.15, -0.1) is 0 Å². The molecular formula is C16H12Cl2N2O2. The molecule has 0 aliphatic heterocycles. The maximum absolute atomic E-state index is 12.3. The van der Waals surface area contributed by atoms with E-state index in [1.165, 1.54) is 4.90 Å². The molecule has 4 nitrogen and oxygen atoms in total. The van der Waals surface area contributed by atoms with Crippen LogP contribution >= 0.6 is 23.2 Å². The third-order valence-electron chi connectivity index (χ3n) is 2.87. The first-order valence-corrected chi connectivity index (χ1v) is 7.18. The lowest BCUT2D eigenvalue weighted by atomic mass is 10.3. The van der Waals surface area contributed by atoms with Gasteiger partial charge in [-0.25, -0.2) is 0 Å². The fourth-order valence-electron chi connectivity index (χ4n) is 1.81. The van der Waals surface area contributed by atoms with E-state index < -0.39 is 0 Å². The van der Waals surface area contributed by atoms with Gasteiger partial charge in [0.25, 0.3) is 5.91 Å². The third-order valence-corrected chi connectivity index (χ3v) is 3.67. The van der Waals surface area contributed by atoms with Crippen LogP contribution in [0.1, 0.15) is 0 Å². The first-order valence-electron chi connectivity index (χ1n) is 6.42. The molecule has 2 aromatic carbocycles. The Kier molecular flexibility index (Phi) is 5.65. The molecule has 0 N–H and O–H groups in total. The Morgan fingerprint density at radius 3 is 2.55 bits per heavy atom. The van der Waals surface area contributed by atoms with Gasteiger partial charge >= 0.3 is 0 Å². The van der Waals surface area contributed by atoms with Gasteiger partial charge in [-0.1, -0.05) is 47.5 Å². The van der Waals surface area contributed by atoms with Gasteiger partial charge in [0.15, 0.2) is 6.61 Å². The molecule has 22 heavy (non-hydrogen) atoms. The average Bonchev–Trinajstić information content (AvgIpc) is 2.54. The van der Waals surface area contributed by atoms with Crippen LogP contribution in [0.5, 0.6) is 5.75 Å². The summed E-state index contributed by atoms with van der Waals surface area (Å²) in [5.41, 5.74) is 0.634. The maximum atomic E-state index is 12.3. The number of anilines is 1. The van der Waals surface area contributed by atoms with Crippen molar-refractivity contribution < 1.29 is 9.53 Å². The predicted molar refractivity (Wildman–Crippen MR) is 86.4 cm³/mol. The van der Waals surface area contributed by atoms with E-state index in [4.69, 9.17) is 33.2 Å². The number of hydrogen-bond donors (Lipinski definition) is 0. The van der Waals surface area contributed by atoms with Crippen molar-refractivity contribution in [3.8, 4) is 11.8 Å². The molecule has 0 saturated carbocycles. The molecule has 0 spiro atoms. The van der Waals surface area contributed by atoms with Crippen molar-refractivity contribution in [3.63, 3.8) is 0 Å². The molecule has 112 valence electrons. The number of hydrogen-bond acceptors (Lipinski definition) is 3. The zero-order valence-electron chi connectivity index (χ0n) is 11.5. The molecular weight excluding hydrogens is 323 g/mol. The van der Waals surface area contributed by atoms with Crippen LogP contribution in [0.15, 0.2) is 48.5 Å². The van der Waals surface area contributed by atoms with Gasteiger partial charge < -0.3 is 4.74 Å². The standard InChI is InChI=1S/C16H12Cl2N2O2/c17-13-7-4-8-14(16(13)18)22-11-15(21)20(10-9-19)12-5-2-1-3-6-12/h1-8H,10-11H2. The van der Waals surface area contributed by atoms with Crippen LogP contribution in [0.4, 0.5) is 5.69 Å². The monoisotopic (exact) mass is 334 g/mol. The summed E-state index contributed by atoms with van der Waals surface area (Å²) in [6.07, 6.45) is 0. The van der Waals surface area contributed by atoms with Crippen LogP contribution in [0.25, 0.3) is 0 Å². The minimum atomic E-state index is -0.344. The number of ether oxygens (including phenoxy) is 1. The second-order valence-electron chi connectivity index (χ2n) is 4.31. The number of nitrogens with zero attached hydrogens (tertiary/aromatic N) is 2. The second-order valence-corrected chi connectivity index (χ2v) is 5.10. The quantitative estimate of drug-likeness (QED) is 0.778. The van der Waals surface area contributed by atoms with Gasteiger partial charge in [-0.3, -0.25) is 9.69 Å². The van der Waals surface area contributed by atoms with Crippen molar-refractivity contribution in [3.05, 3.63) is 58.6 Å². The lowest BCUT2D eigenvalue weighted by Crippen LogP contribution is -2.35. The first kappa shape index (κ1) is 16.2. The molecule has 2 aromatic rings. The number of rotatable bonds is 5. The van der Waals surface area contributed by atoms with E-state index in [1.807, 2.05) is 12.1 Å². The zero-order chi connectivity index (χ0) is 15.9. The molecule has 0 aromatic heterocycles. The molecule has 0 fully saturated rings. The second kappa shape index (κ2) is 7.69. The summed E-state index contributed by atoms with van der Waals surface area (Å²) in [4.78, 5) is 13.6. The molecule has 2 rings (SSSR count). The Morgan fingerprint density at radius 2 is 1.86 bits per heavy atom. The lowest BCUT2D eigenvalue weighted by Gasteiger charge is -2.20. The van der Waals surface area contributed by atoms with Gasteiger partial charge in [0.2, 0.25) is 0 Å². The largest absolute Gasteiger partial charge is 0.482 e. The van der Waals surface area contributed by atoms with Gasteiger partial charge in [0.1, 0.15) is 17.3 Å². The summed E-state index contributed by atoms with van der Waals surface area (Å²) in [7, 11) is 0. The number of benzene rings is 2. The van der Waals surface area contributed by atoms with Crippen molar-refractivity contribution in [2.75, 3.05) is 18.1 Å². The molecule has 0 atom stereocenters. The molecule has 0 bridgehead atoms. The fourth-order valence-corrected chi connectivity index (χ4v) is 2.16. The Morgan fingerprint density at radius 1 is 1.14 bits per heavy atom. The normalized spacial score (nSPS) is 9.86. The Hall–Kier alpha value is -2.22. The van der Waals surface area contributed by atoms with Gasteiger partial charge in [0, 0.05) is 5.69 Å². The van der Waals surface area contributed by atoms with Crippen LogP contribution in [0.3, 0.4) is 0 Å². The highest BCUT2D eigenvalue weighted by Gasteiger charge is 2.16. The minimum Gasteiger partial charge on any atom is -0.482 e. The summed E-state index contributed by atoms with van der Waals surface area (Å²) in [6, 6.07) is 15.8. The molecule has 0 radical (unpaired) electrons. The Balaban J connectivity index is 2.09. The number of nitriles is 1. The van der Waals surface area contributed by atoms with Crippen molar-refractivity contribution >= 4 is 34.8 Å². The highest BCUT2D eigenvalue weighted by molar-refractivity contribution is 6.42. The fraction of sp³-hybridized carbons (Fsp3) is 0.125. The summed E-state index contributed by atoms with van der Waals surface area (Å²) < 4.78 is 5.41. The van der Waals surface area contributed by atoms with Crippen LogP contribution in [0.2, 0.25) is 10.0 Å². The van der Waals surface area contributed by atoms with Crippen molar-refractivity contribution in [1.82, 2.24) is 0 Å². The third kappa shape index (κ3) is 3.91. The number of amides is 1. The molecule has 1 amide bonds. The topological polar surface area (TPSA) is 53.3 Å². The molecule has 0 saturated heterocycles. The number of carbonyl (C=O) groups is 1. The summed E-state index contributed by atoms with van der Waals surface area (Å²) >= 11 is 11.9. The Labute approximate surface area is 138 Å². The average molecular weight is 335 g/mol. The summed E-state index contributed by atoms with van der Waals surface area (Å²) in [5, 5.41) is 9.49. The number of para-hydroxylation sites is 1. The van der Waals surface area contributed by atoms with Crippen LogP contribution in [-0.2, 0) is 4.79 Å². The van der Waals surface area contributed by atoms with E-state index in [2.05, 4.69) is 0 Å². The summed E-state index contributed by atoms with van der Waals surface area (Å²) in [5.74, 6) is -0.0173. The maximum Gasteiger partial charge on any atom is 0.265 e. The predicted octanol–water partition coefficient (Wildman–Crippen LogP) is 3.93. The number of carbonyl (C=O) groups excluding carboxylic acids is 1. The van der Waals surface area contributed by atoms with E-state index in [0.717, 1.165) is 0 Å². The first-order chi connectivity index (χ1) is 10.6. The van der Waals surface area contributed by atoms with E-state index >= 15 is 0 Å². The molecule has 6 heteroatoms. The Bertz CT molecular complexity index is 699. The van der Waals surface area contributed by atoms with Gasteiger partial charge in [0.05, 0.1) is 11.1 Å². The van der Waals surface area contributed by atoms with Gasteiger partial charge in [-0.2, -0.15) is 5.26 Å². The van der Waals surface area contributed by atoms with Gasteiger partial charge in [-0.05, 0) is 24.3 Å². The van der Waals surface area contributed by atoms with Crippen molar-refractivity contribution in [1.29, 1.82) is 5.26 Å². The summed E-state index contributed by atoms with van der Waals surface area (Å²) in [6.45, 7) is -0.299. The van der Waals surface area contributed by atoms with E-state index in [-0.39, 0.29) is 24.1 Å². The van der Waals surface area contributed by atoms with Crippen molar-refractivity contribution in [2.24, 2.45) is 0 Å². The van der Waals surface area contributed by atoms with Crippen LogP contribution in [-0.4, -0.2) is 19.1 Å². The van der Waals surface area contributed by atoms with E-state index in [1.54, 1.807) is 42.5 Å². The smallest absolute Gasteiger partial charge is 0.265 e. The number of halogens is 2. The molecule has 0 aliphatic carbocycles. The SMILES string of the molecule is N#CCN(C(=O)COc1cccc(Cl)c1Cl)c1ccccc1. The van der Waals surface area contributed by atoms with Crippen LogP contribution < -0.4 is 9.64 Å². The molecule has 0 aliphatic rings. The highest BCUT2D eigenvalue weighted by atomic mass is 35.5. The lowest BCUT2D eigenvalue weighted by molar-refractivity contribution is -0.120. The van der Waals surface area contributed by atoms with Crippen molar-refractivity contribution in [2.45, 2.75) is 0 Å². The minimum absolute atomic E-state index is 0.0600. The molecule has 0 heterocycles. The van der Waals surface area contributed by atoms with E-state index in [0.29, 0.717) is 16.5 Å². The zero-order valence-corrected chi connectivity index (χ0v) is 13.0. The highest BCUT2D eigenvalue weighted by Crippen LogP contribution is 2.31. The van der Waals surface area contributed by atoms with E-state index in [9.17, 15) is 4.79 Å².